The summed E-state index contributed by atoms with van der Waals surface area (Å²) < 4.78 is 12.2. The standard InChI is InChI=1S/C18H27N3O4S/c1-3-26(25)17-7-5-4-6-16(17)19-11-10-18(22)20-15-9-8-14(21(23)24)12-13(15)2/h8-9,12,16-17,19H,3-7,10-11H2,1-2H3,(H,20,22)/t16-,17+,26+/m0/s1. The molecule has 0 heterocycles. The van der Waals surface area contributed by atoms with Gasteiger partial charge in [0.05, 0.1) is 10.2 Å². The summed E-state index contributed by atoms with van der Waals surface area (Å²) in [5.41, 5.74) is 1.25. The number of carbonyl (C=O) groups is 1. The quantitative estimate of drug-likeness (QED) is 0.532. The van der Waals surface area contributed by atoms with Crippen LogP contribution in [0.1, 0.15) is 44.6 Å². The molecule has 0 bridgehead atoms. The maximum Gasteiger partial charge on any atom is 0.269 e. The van der Waals surface area contributed by atoms with Gasteiger partial charge in [-0.3, -0.25) is 19.1 Å². The number of hydrogen-bond acceptors (Lipinski definition) is 5. The molecule has 1 aliphatic rings. The van der Waals surface area contributed by atoms with Crippen molar-refractivity contribution in [1.29, 1.82) is 0 Å². The number of nitrogens with one attached hydrogen (secondary N) is 2. The van der Waals surface area contributed by atoms with Gasteiger partial charge in [0.2, 0.25) is 5.91 Å². The number of carbonyl (C=O) groups excluding carboxylic acids is 1. The third-order valence-electron chi connectivity index (χ3n) is 4.78. The minimum absolute atomic E-state index is 0.00873. The van der Waals surface area contributed by atoms with Gasteiger partial charge < -0.3 is 10.6 Å². The Morgan fingerprint density at radius 2 is 2.08 bits per heavy atom. The first-order chi connectivity index (χ1) is 12.4. The molecule has 0 aromatic heterocycles. The smallest absolute Gasteiger partial charge is 0.269 e. The van der Waals surface area contributed by atoms with Crippen LogP contribution in [-0.4, -0.2) is 38.6 Å². The molecule has 0 radical (unpaired) electrons. The fraction of sp³-hybridized carbons (Fsp3) is 0.611. The normalized spacial score (nSPS) is 21.2. The molecule has 0 unspecified atom stereocenters. The molecule has 26 heavy (non-hydrogen) atoms. The topological polar surface area (TPSA) is 101 Å². The van der Waals surface area contributed by atoms with Gasteiger partial charge in [0.15, 0.2) is 0 Å². The highest BCUT2D eigenvalue weighted by molar-refractivity contribution is 7.85. The van der Waals surface area contributed by atoms with Crippen molar-refractivity contribution in [3.63, 3.8) is 0 Å². The van der Waals surface area contributed by atoms with Crippen LogP contribution in [-0.2, 0) is 15.6 Å². The molecule has 8 heteroatoms. The Kier molecular flexibility index (Phi) is 7.71. The number of aryl methyl sites for hydroxylation is 1. The first kappa shape index (κ1) is 20.5. The van der Waals surface area contributed by atoms with Crippen molar-refractivity contribution in [2.75, 3.05) is 17.6 Å². The van der Waals surface area contributed by atoms with Gasteiger partial charge in [-0.25, -0.2) is 0 Å². The van der Waals surface area contributed by atoms with Gasteiger partial charge in [-0.05, 0) is 31.4 Å². The summed E-state index contributed by atoms with van der Waals surface area (Å²) >= 11 is 0. The summed E-state index contributed by atoms with van der Waals surface area (Å²) in [5, 5.41) is 17.1. The second kappa shape index (κ2) is 9.78. The highest BCUT2D eigenvalue weighted by Crippen LogP contribution is 2.23. The van der Waals surface area contributed by atoms with Crippen LogP contribution < -0.4 is 10.6 Å². The number of amides is 1. The molecule has 1 aliphatic carbocycles. The summed E-state index contributed by atoms with van der Waals surface area (Å²) in [4.78, 5) is 22.5. The molecular formula is C18H27N3O4S. The number of nitro benzene ring substituents is 1. The Labute approximate surface area is 156 Å². The van der Waals surface area contributed by atoms with Gasteiger partial charge in [0, 0.05) is 53.4 Å². The van der Waals surface area contributed by atoms with E-state index >= 15 is 0 Å². The van der Waals surface area contributed by atoms with E-state index in [0.29, 0.717) is 30.0 Å². The van der Waals surface area contributed by atoms with Crippen LogP contribution in [0.15, 0.2) is 18.2 Å². The van der Waals surface area contributed by atoms with Crippen molar-refractivity contribution in [2.45, 2.75) is 57.2 Å². The summed E-state index contributed by atoms with van der Waals surface area (Å²) in [6, 6.07) is 4.59. The Balaban J connectivity index is 1.83. The lowest BCUT2D eigenvalue weighted by Crippen LogP contribution is -2.45. The zero-order valence-electron chi connectivity index (χ0n) is 15.3. The van der Waals surface area contributed by atoms with E-state index in [1.165, 1.54) is 12.1 Å². The number of hydrogen-bond donors (Lipinski definition) is 2. The maximum atomic E-state index is 12.2. The number of nitro groups is 1. The third-order valence-corrected chi connectivity index (χ3v) is 6.59. The second-order valence-corrected chi connectivity index (χ2v) is 8.55. The van der Waals surface area contributed by atoms with E-state index in [9.17, 15) is 19.1 Å². The fourth-order valence-electron chi connectivity index (χ4n) is 3.34. The highest BCUT2D eigenvalue weighted by Gasteiger charge is 2.28. The highest BCUT2D eigenvalue weighted by atomic mass is 32.2. The van der Waals surface area contributed by atoms with Crippen molar-refractivity contribution in [3.05, 3.63) is 33.9 Å². The predicted molar refractivity (Wildman–Crippen MR) is 104 cm³/mol. The van der Waals surface area contributed by atoms with Gasteiger partial charge in [0.1, 0.15) is 0 Å². The number of nitrogens with zero attached hydrogens (tertiary/aromatic N) is 1. The predicted octanol–water partition coefficient (Wildman–Crippen LogP) is 2.90. The fourth-order valence-corrected chi connectivity index (χ4v) is 4.80. The molecule has 3 atom stereocenters. The van der Waals surface area contributed by atoms with E-state index < -0.39 is 15.7 Å². The van der Waals surface area contributed by atoms with Crippen LogP contribution in [0.25, 0.3) is 0 Å². The average Bonchev–Trinajstić information content (AvgIpc) is 2.63. The van der Waals surface area contributed by atoms with E-state index in [1.807, 2.05) is 6.92 Å². The molecule has 0 saturated heterocycles. The van der Waals surface area contributed by atoms with Crippen molar-refractivity contribution >= 4 is 28.1 Å². The molecule has 1 fully saturated rings. The van der Waals surface area contributed by atoms with Crippen LogP contribution in [0.3, 0.4) is 0 Å². The van der Waals surface area contributed by atoms with Gasteiger partial charge in [0.25, 0.3) is 5.69 Å². The van der Waals surface area contributed by atoms with Crippen LogP contribution in [0.5, 0.6) is 0 Å². The lowest BCUT2D eigenvalue weighted by Gasteiger charge is -2.31. The van der Waals surface area contributed by atoms with Crippen molar-refractivity contribution < 1.29 is 13.9 Å². The molecule has 2 N–H and O–H groups in total. The summed E-state index contributed by atoms with van der Waals surface area (Å²) in [5.74, 6) is 0.529. The zero-order chi connectivity index (χ0) is 19.1. The molecule has 1 aromatic rings. The maximum absolute atomic E-state index is 12.2. The minimum Gasteiger partial charge on any atom is -0.326 e. The van der Waals surface area contributed by atoms with Crippen molar-refractivity contribution in [1.82, 2.24) is 5.32 Å². The lowest BCUT2D eigenvalue weighted by atomic mass is 9.95. The lowest BCUT2D eigenvalue weighted by molar-refractivity contribution is -0.384. The number of benzene rings is 1. The summed E-state index contributed by atoms with van der Waals surface area (Å²) in [6.45, 7) is 4.20. The molecular weight excluding hydrogens is 354 g/mol. The van der Waals surface area contributed by atoms with E-state index in [-0.39, 0.29) is 22.9 Å². The molecule has 0 aliphatic heterocycles. The average molecular weight is 381 g/mol. The molecule has 2 rings (SSSR count). The summed E-state index contributed by atoms with van der Waals surface area (Å²) in [7, 11) is -0.817. The Morgan fingerprint density at radius 3 is 2.73 bits per heavy atom. The van der Waals surface area contributed by atoms with E-state index in [1.54, 1.807) is 13.0 Å². The number of non-ortho nitro benzene ring substituents is 1. The Hall–Kier alpha value is -1.80. The first-order valence-electron chi connectivity index (χ1n) is 9.07. The van der Waals surface area contributed by atoms with Crippen LogP contribution >= 0.6 is 0 Å². The monoisotopic (exact) mass is 381 g/mol. The molecule has 7 nitrogen and oxygen atoms in total. The largest absolute Gasteiger partial charge is 0.326 e. The van der Waals surface area contributed by atoms with E-state index in [0.717, 1.165) is 25.7 Å². The van der Waals surface area contributed by atoms with Crippen LogP contribution in [0, 0.1) is 17.0 Å². The van der Waals surface area contributed by atoms with Gasteiger partial charge in [-0.2, -0.15) is 0 Å². The van der Waals surface area contributed by atoms with E-state index in [2.05, 4.69) is 10.6 Å². The van der Waals surface area contributed by atoms with Gasteiger partial charge >= 0.3 is 0 Å². The Bertz CT molecular complexity index is 680. The van der Waals surface area contributed by atoms with Crippen LogP contribution in [0.4, 0.5) is 11.4 Å². The first-order valence-corrected chi connectivity index (χ1v) is 10.5. The van der Waals surface area contributed by atoms with Crippen LogP contribution in [0.2, 0.25) is 0 Å². The van der Waals surface area contributed by atoms with E-state index in [4.69, 9.17) is 0 Å². The molecule has 1 aromatic carbocycles. The van der Waals surface area contributed by atoms with Gasteiger partial charge in [-0.15, -0.1) is 0 Å². The number of rotatable bonds is 8. The Morgan fingerprint density at radius 1 is 1.35 bits per heavy atom. The molecule has 0 spiro atoms. The SMILES string of the molecule is CC[S@@](=O)[C@@H]1CCCC[C@@H]1NCCC(=O)Nc1ccc([N+](=O)[O-])cc1C. The van der Waals surface area contributed by atoms with Crippen molar-refractivity contribution in [3.8, 4) is 0 Å². The molecule has 144 valence electrons. The second-order valence-electron chi connectivity index (χ2n) is 6.61. The molecule has 1 saturated carbocycles. The summed E-state index contributed by atoms with van der Waals surface area (Å²) in [6.07, 6.45) is 4.53. The third kappa shape index (κ3) is 5.60. The zero-order valence-corrected chi connectivity index (χ0v) is 16.1. The number of anilines is 1. The van der Waals surface area contributed by atoms with Crippen molar-refractivity contribution in [2.24, 2.45) is 0 Å². The van der Waals surface area contributed by atoms with Gasteiger partial charge in [-0.1, -0.05) is 19.8 Å². The molecule has 1 amide bonds. The minimum atomic E-state index is -0.817.